The lowest BCUT2D eigenvalue weighted by atomic mass is 10.0. The Morgan fingerprint density at radius 1 is 1.48 bits per heavy atom. The molecule has 2 saturated heterocycles. The van der Waals surface area contributed by atoms with Gasteiger partial charge in [-0.2, -0.15) is 9.97 Å². The Hall–Kier alpha value is -1.85. The van der Waals surface area contributed by atoms with Crippen molar-refractivity contribution in [1.29, 1.82) is 0 Å². The smallest absolute Gasteiger partial charge is 0.475 e. The van der Waals surface area contributed by atoms with E-state index in [-0.39, 0.29) is 11.8 Å². The lowest BCUT2D eigenvalue weighted by molar-refractivity contribution is -0.220. The van der Waals surface area contributed by atoms with E-state index in [0.29, 0.717) is 17.8 Å². The van der Waals surface area contributed by atoms with E-state index in [4.69, 9.17) is 28.8 Å². The summed E-state index contributed by atoms with van der Waals surface area (Å²) in [7, 11) is -3.91. The minimum atomic E-state index is -3.91. The Balaban J connectivity index is 1.69. The van der Waals surface area contributed by atoms with Gasteiger partial charge in [-0.25, -0.2) is 13.9 Å². The predicted octanol–water partition coefficient (Wildman–Crippen LogP) is 2.59. The van der Waals surface area contributed by atoms with Crippen LogP contribution in [0.3, 0.4) is 0 Å². The highest BCUT2D eigenvalue weighted by Gasteiger charge is 2.62. The third kappa shape index (κ3) is 3.49. The summed E-state index contributed by atoms with van der Waals surface area (Å²) in [6.07, 6.45) is -1.02. The topological polar surface area (TPSA) is 133 Å². The maximum Gasteiger partial charge on any atom is 0.475 e. The minimum Gasteiger partial charge on any atom is -0.476 e. The molecule has 29 heavy (non-hydrogen) atoms. The second-order valence-electron chi connectivity index (χ2n) is 7.20. The van der Waals surface area contributed by atoms with Crippen LogP contribution < -0.4 is 10.5 Å². The number of ether oxygens (including phenoxy) is 2. The highest BCUT2D eigenvalue weighted by Crippen LogP contribution is 2.61. The van der Waals surface area contributed by atoms with Crippen molar-refractivity contribution in [2.75, 3.05) is 18.9 Å². The zero-order valence-electron chi connectivity index (χ0n) is 16.4. The lowest BCUT2D eigenvalue weighted by Crippen LogP contribution is -2.46. The van der Waals surface area contributed by atoms with Gasteiger partial charge in [0.25, 0.3) is 5.85 Å². The van der Waals surface area contributed by atoms with Gasteiger partial charge in [0.2, 0.25) is 11.8 Å². The van der Waals surface area contributed by atoms with Crippen LogP contribution in [0.5, 0.6) is 5.88 Å². The second kappa shape index (κ2) is 7.13. The van der Waals surface area contributed by atoms with Crippen LogP contribution >= 0.6 is 7.82 Å². The molecule has 0 bridgehead atoms. The van der Waals surface area contributed by atoms with Crippen LogP contribution in [0.2, 0.25) is 0 Å². The van der Waals surface area contributed by atoms with Gasteiger partial charge in [-0.15, -0.1) is 0 Å². The number of imidazole rings is 1. The number of hydrogen-bond donors (Lipinski definition) is 1. The molecule has 4 rings (SSSR count). The first kappa shape index (κ1) is 20.4. The third-order valence-corrected chi connectivity index (χ3v) is 6.24. The lowest BCUT2D eigenvalue weighted by Gasteiger charge is -2.35. The molecule has 2 aliphatic heterocycles. The molecule has 2 aromatic rings. The molecule has 4 heterocycles. The molecule has 13 heteroatoms. The first-order chi connectivity index (χ1) is 13.7. The summed E-state index contributed by atoms with van der Waals surface area (Å²) in [6, 6.07) is 0. The van der Waals surface area contributed by atoms with E-state index >= 15 is 4.39 Å². The number of nitrogens with zero attached hydrogens (tertiary/aromatic N) is 4. The van der Waals surface area contributed by atoms with E-state index in [0.717, 1.165) is 0 Å². The van der Waals surface area contributed by atoms with Gasteiger partial charge in [-0.3, -0.25) is 18.1 Å². The van der Waals surface area contributed by atoms with E-state index in [9.17, 15) is 4.57 Å². The van der Waals surface area contributed by atoms with Crippen LogP contribution in [0, 0.1) is 5.92 Å². The molecule has 0 amide bonds. The number of phosphoric ester groups is 1. The van der Waals surface area contributed by atoms with Crippen molar-refractivity contribution in [2.45, 2.75) is 52.0 Å². The molecule has 0 aliphatic carbocycles. The molecule has 0 unspecified atom stereocenters. The van der Waals surface area contributed by atoms with Gasteiger partial charge in [-0.05, 0) is 20.8 Å². The zero-order valence-corrected chi connectivity index (χ0v) is 17.3. The van der Waals surface area contributed by atoms with E-state index in [1.54, 1.807) is 27.7 Å². The zero-order chi connectivity index (χ0) is 21.0. The highest BCUT2D eigenvalue weighted by atomic mass is 31.2. The Morgan fingerprint density at radius 3 is 2.93 bits per heavy atom. The SMILES string of the molecule is CCOc1nc(N)nc2c1ncn2[C@@H]1O[C@]2(F)CO[P@](=O)(OC(C)C)O[C@H]2[C@@H]1C. The Bertz CT molecular complexity index is 973. The number of nitrogen functional groups attached to an aromatic ring is 1. The van der Waals surface area contributed by atoms with Gasteiger partial charge < -0.3 is 15.2 Å². The Labute approximate surface area is 166 Å². The molecule has 160 valence electrons. The van der Waals surface area contributed by atoms with Gasteiger partial charge in [-0.1, -0.05) is 6.92 Å². The third-order valence-electron chi connectivity index (χ3n) is 4.63. The predicted molar refractivity (Wildman–Crippen MR) is 98.7 cm³/mol. The Kier molecular flexibility index (Phi) is 5.02. The average molecular weight is 431 g/mol. The molecule has 5 atom stereocenters. The fraction of sp³-hybridized carbons (Fsp3) is 0.688. The Morgan fingerprint density at radius 2 is 2.24 bits per heavy atom. The fourth-order valence-electron chi connectivity index (χ4n) is 3.50. The van der Waals surface area contributed by atoms with Crippen LogP contribution in [0.25, 0.3) is 11.2 Å². The number of hydrogen-bond acceptors (Lipinski definition) is 10. The summed E-state index contributed by atoms with van der Waals surface area (Å²) in [4.78, 5) is 12.5. The normalized spacial score (nSPS) is 34.6. The number of fused-ring (bicyclic) bond motifs is 2. The van der Waals surface area contributed by atoms with E-state index in [1.807, 2.05) is 0 Å². The van der Waals surface area contributed by atoms with Crippen LogP contribution in [0.15, 0.2) is 6.33 Å². The van der Waals surface area contributed by atoms with Crippen LogP contribution in [-0.2, 0) is 22.9 Å². The summed E-state index contributed by atoms with van der Waals surface area (Å²) in [5.41, 5.74) is 6.47. The molecular weight excluding hydrogens is 408 g/mol. The molecule has 0 saturated carbocycles. The average Bonchev–Trinajstić information content (AvgIpc) is 3.15. The van der Waals surface area contributed by atoms with Crippen molar-refractivity contribution in [3.63, 3.8) is 0 Å². The first-order valence-electron chi connectivity index (χ1n) is 9.26. The van der Waals surface area contributed by atoms with E-state index in [2.05, 4.69) is 15.0 Å². The van der Waals surface area contributed by atoms with Crippen molar-refractivity contribution in [3.8, 4) is 5.88 Å². The van der Waals surface area contributed by atoms with Gasteiger partial charge in [0.05, 0.1) is 19.0 Å². The van der Waals surface area contributed by atoms with Gasteiger partial charge in [0, 0.05) is 5.92 Å². The maximum absolute atomic E-state index is 15.4. The number of aromatic nitrogens is 4. The summed E-state index contributed by atoms with van der Waals surface area (Å²) >= 11 is 0. The monoisotopic (exact) mass is 431 g/mol. The quantitative estimate of drug-likeness (QED) is 0.704. The maximum atomic E-state index is 15.4. The standard InChI is InChI=1S/C16H23FN5O6P/c1-5-24-13-10-12(20-15(18)21-13)22(7-19-10)14-9(4)11-16(17,26-14)6-25-29(23,28-11)27-8(2)3/h7-9,11,14H,5-6H2,1-4H3,(H2,18,20,21)/t9-,11-,14+,16+,29+/m0/s1. The fourth-order valence-corrected chi connectivity index (χ4v) is 5.15. The number of nitrogens with two attached hydrogens (primary N) is 1. The molecule has 2 fully saturated rings. The molecule has 0 spiro atoms. The number of halogens is 1. The molecule has 0 aromatic carbocycles. The summed E-state index contributed by atoms with van der Waals surface area (Å²) < 4.78 is 56.5. The largest absolute Gasteiger partial charge is 0.476 e. The minimum absolute atomic E-state index is 0.0184. The number of anilines is 1. The van der Waals surface area contributed by atoms with Crippen LogP contribution in [0.1, 0.15) is 33.9 Å². The summed E-state index contributed by atoms with van der Waals surface area (Å²) in [6.45, 7) is 6.64. The van der Waals surface area contributed by atoms with Crippen molar-refractivity contribution < 1.29 is 32.0 Å². The van der Waals surface area contributed by atoms with Crippen LogP contribution in [-0.4, -0.2) is 50.8 Å². The number of alkyl halides is 1. The number of rotatable bonds is 5. The highest BCUT2D eigenvalue weighted by molar-refractivity contribution is 7.48. The second-order valence-corrected chi connectivity index (χ2v) is 8.77. The van der Waals surface area contributed by atoms with Crippen molar-refractivity contribution >= 4 is 24.9 Å². The van der Waals surface area contributed by atoms with Crippen molar-refractivity contribution in [3.05, 3.63) is 6.33 Å². The van der Waals surface area contributed by atoms with E-state index in [1.165, 1.54) is 10.9 Å². The van der Waals surface area contributed by atoms with Gasteiger partial charge >= 0.3 is 7.82 Å². The molecule has 2 aliphatic rings. The first-order valence-corrected chi connectivity index (χ1v) is 10.7. The van der Waals surface area contributed by atoms with Crippen molar-refractivity contribution in [2.24, 2.45) is 5.92 Å². The van der Waals surface area contributed by atoms with Gasteiger partial charge in [0.1, 0.15) is 18.9 Å². The molecular formula is C16H23FN5O6P. The van der Waals surface area contributed by atoms with Crippen LogP contribution in [0.4, 0.5) is 10.3 Å². The summed E-state index contributed by atoms with van der Waals surface area (Å²) in [5.74, 6) is -2.68. The van der Waals surface area contributed by atoms with Crippen molar-refractivity contribution in [1.82, 2.24) is 19.5 Å². The molecule has 2 aromatic heterocycles. The molecule has 2 N–H and O–H groups in total. The molecule has 0 radical (unpaired) electrons. The van der Waals surface area contributed by atoms with E-state index < -0.39 is 44.6 Å². The molecule has 11 nitrogen and oxygen atoms in total. The summed E-state index contributed by atoms with van der Waals surface area (Å²) in [5, 5.41) is 0. The van der Waals surface area contributed by atoms with Gasteiger partial charge in [0.15, 0.2) is 11.2 Å². The number of phosphoric acid groups is 1.